The summed E-state index contributed by atoms with van der Waals surface area (Å²) in [7, 11) is 0. The van der Waals surface area contributed by atoms with Crippen LogP contribution in [0.1, 0.15) is 11.3 Å². The number of nitrogen functional groups attached to an aromatic ring is 2. The number of aromatic nitrogens is 3. The molecule has 1 aromatic carbocycles. The highest BCUT2D eigenvalue weighted by Gasteiger charge is 2.18. The summed E-state index contributed by atoms with van der Waals surface area (Å²) < 4.78 is 5.26. The van der Waals surface area contributed by atoms with Crippen molar-refractivity contribution in [2.24, 2.45) is 0 Å². The van der Waals surface area contributed by atoms with Crippen molar-refractivity contribution in [2.45, 2.75) is 0 Å². The zero-order valence-electron chi connectivity index (χ0n) is 10.9. The molecule has 0 bridgehead atoms. The van der Waals surface area contributed by atoms with E-state index < -0.39 is 0 Å². The van der Waals surface area contributed by atoms with Gasteiger partial charge in [-0.2, -0.15) is 0 Å². The van der Waals surface area contributed by atoms with E-state index in [2.05, 4.69) is 15.1 Å². The normalized spacial score (nSPS) is 10.5. The number of nitrogens with two attached hydrogens (primary N) is 2. The maximum absolute atomic E-state index is 8.17. The molecule has 2 heterocycles. The molecule has 104 valence electrons. The summed E-state index contributed by atoms with van der Waals surface area (Å²) in [6.45, 7) is 0. The topological polar surface area (TPSA) is 128 Å². The van der Waals surface area contributed by atoms with E-state index in [4.69, 9.17) is 21.4 Å². The van der Waals surface area contributed by atoms with Gasteiger partial charge in [-0.05, 0) is 0 Å². The Hall–Kier alpha value is -3.22. The summed E-state index contributed by atoms with van der Waals surface area (Å²) in [4.78, 5) is 7.68. The average molecular weight is 280 g/mol. The lowest BCUT2D eigenvalue weighted by Gasteiger charge is -2.05. The largest absolute Gasteiger partial charge is 0.383 e. The summed E-state index contributed by atoms with van der Waals surface area (Å²) in [5.74, 6) is 0.831. The molecule has 0 radical (unpaired) electrons. The number of rotatable bonds is 3. The van der Waals surface area contributed by atoms with Gasteiger partial charge in [0.05, 0.1) is 11.3 Å². The molecule has 7 heteroatoms. The van der Waals surface area contributed by atoms with Crippen LogP contribution in [-0.4, -0.2) is 20.8 Å². The molecule has 0 spiro atoms. The smallest absolute Gasteiger partial charge is 0.167 e. The van der Waals surface area contributed by atoms with Crippen molar-refractivity contribution in [3.63, 3.8) is 0 Å². The van der Waals surface area contributed by atoms with E-state index in [1.165, 1.54) is 6.33 Å². The van der Waals surface area contributed by atoms with Gasteiger partial charge in [0.1, 0.15) is 23.7 Å². The van der Waals surface area contributed by atoms with Crippen molar-refractivity contribution in [1.29, 1.82) is 5.41 Å². The van der Waals surface area contributed by atoms with Crippen LogP contribution in [0.5, 0.6) is 0 Å². The lowest BCUT2D eigenvalue weighted by atomic mass is 10.1. The Labute approximate surface area is 120 Å². The summed E-state index contributed by atoms with van der Waals surface area (Å²) in [5.41, 5.74) is 13.0. The minimum absolute atomic E-state index is 0.0246. The van der Waals surface area contributed by atoms with Gasteiger partial charge in [-0.3, -0.25) is 5.41 Å². The molecule has 21 heavy (non-hydrogen) atoms. The molecule has 7 nitrogen and oxygen atoms in total. The van der Waals surface area contributed by atoms with Crippen molar-refractivity contribution < 1.29 is 4.52 Å². The van der Waals surface area contributed by atoms with Crippen molar-refractivity contribution in [3.05, 3.63) is 54.0 Å². The molecular formula is C14H12N6O. The summed E-state index contributed by atoms with van der Waals surface area (Å²) >= 11 is 0. The van der Waals surface area contributed by atoms with E-state index in [-0.39, 0.29) is 22.9 Å². The Morgan fingerprint density at radius 1 is 1.05 bits per heavy atom. The van der Waals surface area contributed by atoms with Gasteiger partial charge in [0.2, 0.25) is 0 Å². The summed E-state index contributed by atoms with van der Waals surface area (Å²) in [6.07, 6.45) is 1.25. The van der Waals surface area contributed by atoms with E-state index in [1.807, 2.05) is 30.3 Å². The minimum atomic E-state index is 0.0246. The van der Waals surface area contributed by atoms with Gasteiger partial charge in [0.15, 0.2) is 5.76 Å². The van der Waals surface area contributed by atoms with Crippen LogP contribution in [0.15, 0.2) is 47.2 Å². The molecule has 0 atom stereocenters. The van der Waals surface area contributed by atoms with Gasteiger partial charge >= 0.3 is 0 Å². The predicted octanol–water partition coefficient (Wildman–Crippen LogP) is 1.71. The quantitative estimate of drug-likeness (QED) is 0.626. The average Bonchev–Trinajstić information content (AvgIpc) is 2.97. The second-order valence-electron chi connectivity index (χ2n) is 4.34. The SMILES string of the molecule is N=C(c1cc(-c2ccccc2)on1)c1c(N)ncnc1N. The monoisotopic (exact) mass is 280 g/mol. The van der Waals surface area contributed by atoms with Gasteiger partial charge in [0, 0.05) is 11.6 Å². The Morgan fingerprint density at radius 2 is 1.71 bits per heavy atom. The molecule has 0 aliphatic carbocycles. The maximum atomic E-state index is 8.17. The van der Waals surface area contributed by atoms with E-state index in [0.717, 1.165) is 5.56 Å². The van der Waals surface area contributed by atoms with Crippen LogP contribution in [0.4, 0.5) is 11.6 Å². The van der Waals surface area contributed by atoms with Crippen molar-refractivity contribution >= 4 is 17.3 Å². The molecule has 0 amide bonds. The first kappa shape index (κ1) is 12.8. The Morgan fingerprint density at radius 3 is 2.38 bits per heavy atom. The Balaban J connectivity index is 1.99. The number of nitrogens with zero attached hydrogens (tertiary/aromatic N) is 3. The van der Waals surface area contributed by atoms with E-state index in [0.29, 0.717) is 11.5 Å². The van der Waals surface area contributed by atoms with E-state index in [1.54, 1.807) is 6.07 Å². The van der Waals surface area contributed by atoms with Crippen LogP contribution in [0, 0.1) is 5.41 Å². The summed E-state index contributed by atoms with van der Waals surface area (Å²) in [5, 5.41) is 12.1. The van der Waals surface area contributed by atoms with Crippen LogP contribution in [-0.2, 0) is 0 Å². The standard InChI is InChI=1S/C14H12N6O/c15-12(11-13(16)18-7-19-14(11)17)9-6-10(21-20-9)8-4-2-1-3-5-8/h1-7,15H,(H4,16,17,18,19). The maximum Gasteiger partial charge on any atom is 0.167 e. The van der Waals surface area contributed by atoms with Crippen LogP contribution in [0.3, 0.4) is 0 Å². The third-order valence-electron chi connectivity index (χ3n) is 2.98. The molecule has 5 N–H and O–H groups in total. The molecule has 0 saturated carbocycles. The molecule has 3 aromatic rings. The first-order valence-corrected chi connectivity index (χ1v) is 6.14. The fourth-order valence-electron chi connectivity index (χ4n) is 1.93. The van der Waals surface area contributed by atoms with E-state index >= 15 is 0 Å². The van der Waals surface area contributed by atoms with Crippen LogP contribution in [0.25, 0.3) is 11.3 Å². The van der Waals surface area contributed by atoms with Gasteiger partial charge in [-0.15, -0.1) is 0 Å². The van der Waals surface area contributed by atoms with Crippen LogP contribution < -0.4 is 11.5 Å². The second kappa shape index (κ2) is 5.04. The number of nitrogens with one attached hydrogen (secondary N) is 1. The third kappa shape index (κ3) is 2.32. The predicted molar refractivity (Wildman–Crippen MR) is 78.7 cm³/mol. The highest BCUT2D eigenvalue weighted by atomic mass is 16.5. The first-order valence-electron chi connectivity index (χ1n) is 6.14. The fraction of sp³-hybridized carbons (Fsp3) is 0. The van der Waals surface area contributed by atoms with Crippen molar-refractivity contribution in [2.75, 3.05) is 11.5 Å². The molecule has 3 rings (SSSR count). The minimum Gasteiger partial charge on any atom is -0.383 e. The molecule has 2 aromatic heterocycles. The summed E-state index contributed by atoms with van der Waals surface area (Å²) in [6, 6.07) is 11.1. The Bertz CT molecular complexity index is 776. The van der Waals surface area contributed by atoms with Crippen LogP contribution >= 0.6 is 0 Å². The fourth-order valence-corrected chi connectivity index (χ4v) is 1.93. The highest BCUT2D eigenvalue weighted by Crippen LogP contribution is 2.23. The van der Waals surface area contributed by atoms with Crippen LogP contribution in [0.2, 0.25) is 0 Å². The lowest BCUT2D eigenvalue weighted by molar-refractivity contribution is 0.431. The number of hydrogen-bond donors (Lipinski definition) is 3. The highest BCUT2D eigenvalue weighted by molar-refractivity contribution is 6.15. The molecule has 0 aliphatic rings. The van der Waals surface area contributed by atoms with Gasteiger partial charge in [-0.25, -0.2) is 9.97 Å². The molecule has 0 saturated heterocycles. The third-order valence-corrected chi connectivity index (χ3v) is 2.98. The molecule has 0 unspecified atom stereocenters. The van der Waals surface area contributed by atoms with Gasteiger partial charge in [0.25, 0.3) is 0 Å². The molecule has 0 aliphatic heterocycles. The molecule has 0 fully saturated rings. The second-order valence-corrected chi connectivity index (χ2v) is 4.34. The zero-order valence-corrected chi connectivity index (χ0v) is 10.9. The lowest BCUT2D eigenvalue weighted by Crippen LogP contribution is -2.12. The first-order chi connectivity index (χ1) is 10.2. The molecular weight excluding hydrogens is 268 g/mol. The van der Waals surface area contributed by atoms with Crippen molar-refractivity contribution in [1.82, 2.24) is 15.1 Å². The number of benzene rings is 1. The Kier molecular flexibility index (Phi) is 3.07. The van der Waals surface area contributed by atoms with E-state index in [9.17, 15) is 0 Å². The number of hydrogen-bond acceptors (Lipinski definition) is 7. The van der Waals surface area contributed by atoms with Gasteiger partial charge < -0.3 is 16.0 Å². The zero-order chi connectivity index (χ0) is 14.8. The number of anilines is 2. The van der Waals surface area contributed by atoms with Gasteiger partial charge in [-0.1, -0.05) is 35.5 Å². The van der Waals surface area contributed by atoms with Crippen molar-refractivity contribution in [3.8, 4) is 11.3 Å².